The summed E-state index contributed by atoms with van der Waals surface area (Å²) in [6, 6.07) is 11.4. The lowest BCUT2D eigenvalue weighted by atomic mass is 10.1. The first-order chi connectivity index (χ1) is 12.0. The van der Waals surface area contributed by atoms with Crippen LogP contribution in [0, 0.1) is 15.9 Å². The Morgan fingerprint density at radius 3 is 2.48 bits per heavy atom. The van der Waals surface area contributed by atoms with Crippen LogP contribution in [0.5, 0.6) is 0 Å². The molecule has 6 nitrogen and oxygen atoms in total. The van der Waals surface area contributed by atoms with Crippen LogP contribution in [0.25, 0.3) is 6.08 Å². The van der Waals surface area contributed by atoms with Crippen LogP contribution < -0.4 is 0 Å². The maximum Gasteiger partial charge on any atom is 0.314 e. The zero-order chi connectivity index (χ0) is 18.2. The minimum Gasteiger partial charge on any atom is -0.460 e. The largest absolute Gasteiger partial charge is 0.460 e. The summed E-state index contributed by atoms with van der Waals surface area (Å²) in [5.41, 5.74) is 0.726. The van der Waals surface area contributed by atoms with Gasteiger partial charge in [-0.25, -0.2) is 4.39 Å². The molecular formula is C18H14FNO5. The van der Waals surface area contributed by atoms with Crippen molar-refractivity contribution in [2.24, 2.45) is 0 Å². The van der Waals surface area contributed by atoms with E-state index < -0.39 is 28.9 Å². The van der Waals surface area contributed by atoms with Crippen LogP contribution in [0.4, 0.5) is 10.1 Å². The van der Waals surface area contributed by atoms with Crippen LogP contribution in [0.1, 0.15) is 17.5 Å². The van der Waals surface area contributed by atoms with Gasteiger partial charge in [-0.15, -0.1) is 0 Å². The van der Waals surface area contributed by atoms with E-state index in [1.807, 2.05) is 0 Å². The average Bonchev–Trinajstić information content (AvgIpc) is 2.59. The van der Waals surface area contributed by atoms with E-state index in [4.69, 9.17) is 4.74 Å². The van der Waals surface area contributed by atoms with Gasteiger partial charge >= 0.3 is 5.97 Å². The van der Waals surface area contributed by atoms with Crippen LogP contribution in [0.2, 0.25) is 0 Å². The molecule has 0 aromatic heterocycles. The van der Waals surface area contributed by atoms with Crippen molar-refractivity contribution in [3.8, 4) is 0 Å². The normalized spacial score (nSPS) is 10.6. The first-order valence-corrected chi connectivity index (χ1v) is 7.30. The first kappa shape index (κ1) is 18.0. The van der Waals surface area contributed by atoms with E-state index in [0.29, 0.717) is 5.56 Å². The lowest BCUT2D eigenvalue weighted by Gasteiger charge is -2.03. The van der Waals surface area contributed by atoms with Gasteiger partial charge < -0.3 is 4.74 Å². The molecule has 2 aromatic rings. The number of allylic oxidation sites excluding steroid dienone is 1. The van der Waals surface area contributed by atoms with Gasteiger partial charge in [0.15, 0.2) is 5.78 Å². The van der Waals surface area contributed by atoms with Gasteiger partial charge in [-0.2, -0.15) is 0 Å². The van der Waals surface area contributed by atoms with Gasteiger partial charge in [0.2, 0.25) is 0 Å². The summed E-state index contributed by atoms with van der Waals surface area (Å²) < 4.78 is 17.7. The second kappa shape index (κ2) is 8.49. The van der Waals surface area contributed by atoms with Crippen LogP contribution in [-0.4, -0.2) is 16.7 Å². The number of para-hydroxylation sites is 1. The van der Waals surface area contributed by atoms with Crippen molar-refractivity contribution in [2.45, 2.75) is 13.0 Å². The zero-order valence-corrected chi connectivity index (χ0v) is 13.1. The molecule has 0 N–H and O–H groups in total. The molecule has 0 bridgehead atoms. The second-order valence-corrected chi connectivity index (χ2v) is 5.08. The SMILES string of the molecule is O=C(C=Cc1ccccc1[N+](=O)[O-])CC(=O)OCc1ccc(F)cc1. The number of hydrogen-bond acceptors (Lipinski definition) is 5. The summed E-state index contributed by atoms with van der Waals surface area (Å²) >= 11 is 0. The number of carbonyl (C=O) groups excluding carboxylic acids is 2. The van der Waals surface area contributed by atoms with Crippen LogP contribution in [-0.2, 0) is 20.9 Å². The lowest BCUT2D eigenvalue weighted by Crippen LogP contribution is -2.09. The highest BCUT2D eigenvalue weighted by Gasteiger charge is 2.12. The van der Waals surface area contributed by atoms with Gasteiger partial charge in [0, 0.05) is 6.07 Å². The molecule has 2 aromatic carbocycles. The Balaban J connectivity index is 1.88. The summed E-state index contributed by atoms with van der Waals surface area (Å²) in [4.78, 5) is 33.7. The highest BCUT2D eigenvalue weighted by atomic mass is 19.1. The maximum atomic E-state index is 12.8. The molecule has 0 heterocycles. The number of ether oxygens (including phenoxy) is 1. The minimum atomic E-state index is -0.735. The summed E-state index contributed by atoms with van der Waals surface area (Å²) in [6.45, 7) is -0.0692. The van der Waals surface area contributed by atoms with E-state index in [9.17, 15) is 24.1 Å². The number of rotatable bonds is 7. The molecule has 0 radical (unpaired) electrons. The van der Waals surface area contributed by atoms with Crippen molar-refractivity contribution < 1.29 is 23.6 Å². The topological polar surface area (TPSA) is 86.5 Å². The number of nitro benzene ring substituents is 1. The van der Waals surface area contributed by atoms with Gasteiger partial charge in [-0.1, -0.05) is 24.3 Å². The molecule has 0 unspecified atom stereocenters. The Bertz CT molecular complexity index is 814. The molecule has 25 heavy (non-hydrogen) atoms. The highest BCUT2D eigenvalue weighted by molar-refractivity contribution is 6.04. The molecule has 0 aliphatic carbocycles. The van der Waals surface area contributed by atoms with Gasteiger partial charge in [-0.3, -0.25) is 19.7 Å². The van der Waals surface area contributed by atoms with E-state index in [2.05, 4.69) is 0 Å². The van der Waals surface area contributed by atoms with E-state index in [-0.39, 0.29) is 17.9 Å². The summed E-state index contributed by atoms with van der Waals surface area (Å²) in [7, 11) is 0. The van der Waals surface area contributed by atoms with Crippen molar-refractivity contribution in [2.75, 3.05) is 0 Å². The summed E-state index contributed by atoms with van der Waals surface area (Å²) in [5.74, 6) is -1.67. The Morgan fingerprint density at radius 2 is 1.80 bits per heavy atom. The Morgan fingerprint density at radius 1 is 1.12 bits per heavy atom. The van der Waals surface area contributed by atoms with Crippen LogP contribution in [0.15, 0.2) is 54.6 Å². The molecule has 0 amide bonds. The molecule has 0 saturated carbocycles. The van der Waals surface area contributed by atoms with E-state index >= 15 is 0 Å². The molecule has 2 rings (SSSR count). The number of hydrogen-bond donors (Lipinski definition) is 0. The maximum absolute atomic E-state index is 12.8. The fourth-order valence-electron chi connectivity index (χ4n) is 1.97. The molecule has 7 heteroatoms. The molecule has 0 spiro atoms. The Hall–Kier alpha value is -3.35. The zero-order valence-electron chi connectivity index (χ0n) is 13.1. The fraction of sp³-hybridized carbons (Fsp3) is 0.111. The third-order valence-electron chi connectivity index (χ3n) is 3.21. The van der Waals surface area contributed by atoms with Crippen molar-refractivity contribution in [1.82, 2.24) is 0 Å². The van der Waals surface area contributed by atoms with Gasteiger partial charge in [-0.05, 0) is 35.9 Å². The molecule has 0 atom stereocenters. The predicted molar refractivity (Wildman–Crippen MR) is 88.0 cm³/mol. The number of esters is 1. The predicted octanol–water partition coefficient (Wildman–Crippen LogP) is 3.45. The van der Waals surface area contributed by atoms with Crippen molar-refractivity contribution in [1.29, 1.82) is 0 Å². The van der Waals surface area contributed by atoms with Crippen molar-refractivity contribution in [3.63, 3.8) is 0 Å². The molecule has 0 aliphatic heterocycles. The molecular weight excluding hydrogens is 329 g/mol. The van der Waals surface area contributed by atoms with E-state index in [1.165, 1.54) is 48.5 Å². The smallest absolute Gasteiger partial charge is 0.314 e. The third kappa shape index (κ3) is 5.65. The third-order valence-corrected chi connectivity index (χ3v) is 3.21. The number of benzene rings is 2. The van der Waals surface area contributed by atoms with Crippen LogP contribution >= 0.6 is 0 Å². The van der Waals surface area contributed by atoms with Crippen LogP contribution in [0.3, 0.4) is 0 Å². The Kier molecular flexibility index (Phi) is 6.11. The van der Waals surface area contributed by atoms with Crippen molar-refractivity contribution in [3.05, 3.63) is 81.7 Å². The Labute approximate surface area is 142 Å². The number of halogens is 1. The van der Waals surface area contributed by atoms with Gasteiger partial charge in [0.05, 0.1) is 10.5 Å². The number of carbonyl (C=O) groups is 2. The lowest BCUT2D eigenvalue weighted by molar-refractivity contribution is -0.385. The van der Waals surface area contributed by atoms with E-state index in [0.717, 1.165) is 6.08 Å². The van der Waals surface area contributed by atoms with Gasteiger partial charge in [0.25, 0.3) is 5.69 Å². The summed E-state index contributed by atoms with van der Waals surface area (Å²) in [5, 5.41) is 10.9. The molecule has 128 valence electrons. The van der Waals surface area contributed by atoms with E-state index in [1.54, 1.807) is 6.07 Å². The number of nitro groups is 1. The number of nitrogens with zero attached hydrogens (tertiary/aromatic N) is 1. The summed E-state index contributed by atoms with van der Waals surface area (Å²) in [6.07, 6.45) is 1.90. The monoisotopic (exact) mass is 343 g/mol. The standard InChI is InChI=1S/C18H14FNO5/c19-15-8-5-13(6-9-15)12-25-18(22)11-16(21)10-7-14-3-1-2-4-17(14)20(23)24/h1-10H,11-12H2. The first-order valence-electron chi connectivity index (χ1n) is 7.30. The molecule has 0 saturated heterocycles. The van der Waals surface area contributed by atoms with Crippen molar-refractivity contribution >= 4 is 23.5 Å². The minimum absolute atomic E-state index is 0.0692. The van der Waals surface area contributed by atoms with Gasteiger partial charge in [0.1, 0.15) is 18.8 Å². The second-order valence-electron chi connectivity index (χ2n) is 5.08. The number of ketones is 1. The average molecular weight is 343 g/mol. The molecule has 0 aliphatic rings. The fourth-order valence-corrected chi connectivity index (χ4v) is 1.97. The highest BCUT2D eigenvalue weighted by Crippen LogP contribution is 2.19. The quantitative estimate of drug-likeness (QED) is 0.253. The molecule has 0 fully saturated rings.